The third kappa shape index (κ3) is 5.80. The van der Waals surface area contributed by atoms with E-state index in [-0.39, 0.29) is 17.7 Å². The van der Waals surface area contributed by atoms with Crippen molar-refractivity contribution < 1.29 is 28.2 Å². The van der Waals surface area contributed by atoms with Crippen LogP contribution in [0.1, 0.15) is 23.1 Å². The van der Waals surface area contributed by atoms with Crippen molar-refractivity contribution in [2.24, 2.45) is 5.73 Å². The van der Waals surface area contributed by atoms with Crippen molar-refractivity contribution in [1.29, 1.82) is 0 Å². The maximum atomic E-state index is 12.6. The maximum absolute atomic E-state index is 12.6. The lowest BCUT2D eigenvalue weighted by Crippen LogP contribution is -2.32. The molecule has 0 bridgehead atoms. The number of carboxylic acids is 2. The second-order valence-electron chi connectivity index (χ2n) is 6.44. The molecule has 2 aromatic carbocycles. The molecule has 0 spiro atoms. The first kappa shape index (κ1) is 21.4. The number of nitrogens with one attached hydrogen (secondary N) is 1. The van der Waals surface area contributed by atoms with Gasteiger partial charge in [-0.25, -0.2) is 8.42 Å². The fourth-order valence-corrected chi connectivity index (χ4v) is 3.78. The van der Waals surface area contributed by atoms with Crippen molar-refractivity contribution in [3.05, 3.63) is 59.2 Å². The van der Waals surface area contributed by atoms with Crippen LogP contribution in [-0.2, 0) is 32.5 Å². The summed E-state index contributed by atoms with van der Waals surface area (Å²) in [6.45, 7) is 1.69. The molecule has 0 aliphatic heterocycles. The zero-order valence-electron chi connectivity index (χ0n) is 15.3. The SMILES string of the molecule is Cc1cc(S(=O)(=O)Nc2cccc(CCC(=O)O)c2)ccc1C[C@H](N)C(=O)O. The lowest BCUT2D eigenvalue weighted by Gasteiger charge is -2.13. The van der Waals surface area contributed by atoms with Crippen LogP contribution < -0.4 is 10.5 Å². The van der Waals surface area contributed by atoms with Gasteiger partial charge in [0.05, 0.1) is 4.90 Å². The van der Waals surface area contributed by atoms with Crippen molar-refractivity contribution in [1.82, 2.24) is 0 Å². The first-order valence-corrected chi connectivity index (χ1v) is 9.98. The Morgan fingerprint density at radius 1 is 1.14 bits per heavy atom. The molecule has 0 radical (unpaired) electrons. The highest BCUT2D eigenvalue weighted by Crippen LogP contribution is 2.21. The van der Waals surface area contributed by atoms with Crippen molar-refractivity contribution in [2.75, 3.05) is 4.72 Å². The van der Waals surface area contributed by atoms with E-state index in [2.05, 4.69) is 4.72 Å². The van der Waals surface area contributed by atoms with E-state index in [0.29, 0.717) is 28.8 Å². The minimum atomic E-state index is -3.86. The van der Waals surface area contributed by atoms with Crippen LogP contribution in [0.25, 0.3) is 0 Å². The highest BCUT2D eigenvalue weighted by atomic mass is 32.2. The smallest absolute Gasteiger partial charge is 0.320 e. The van der Waals surface area contributed by atoms with Crippen molar-refractivity contribution in [2.45, 2.75) is 37.1 Å². The summed E-state index contributed by atoms with van der Waals surface area (Å²) in [5, 5.41) is 17.7. The molecule has 0 aromatic heterocycles. The molecule has 2 rings (SSSR count). The van der Waals surface area contributed by atoms with Crippen LogP contribution >= 0.6 is 0 Å². The van der Waals surface area contributed by atoms with Gasteiger partial charge >= 0.3 is 11.9 Å². The van der Waals surface area contributed by atoms with Gasteiger partial charge in [-0.15, -0.1) is 0 Å². The number of carbonyl (C=O) groups is 2. The predicted octanol–water partition coefficient (Wildman–Crippen LogP) is 1.77. The second kappa shape index (κ2) is 8.85. The first-order chi connectivity index (χ1) is 13.1. The summed E-state index contributed by atoms with van der Waals surface area (Å²) in [6, 6.07) is 9.89. The van der Waals surface area contributed by atoms with Crippen LogP contribution in [0.15, 0.2) is 47.4 Å². The quantitative estimate of drug-likeness (QED) is 0.496. The number of benzene rings is 2. The molecule has 8 nitrogen and oxygen atoms in total. The molecule has 0 unspecified atom stereocenters. The Hall–Kier alpha value is -2.91. The van der Waals surface area contributed by atoms with Gasteiger partial charge in [-0.3, -0.25) is 14.3 Å². The van der Waals surface area contributed by atoms with Gasteiger partial charge in [0.15, 0.2) is 0 Å². The molecule has 0 fully saturated rings. The van der Waals surface area contributed by atoms with Crippen molar-refractivity contribution in [3.63, 3.8) is 0 Å². The molecule has 0 aliphatic carbocycles. The first-order valence-electron chi connectivity index (χ1n) is 8.50. The highest BCUT2D eigenvalue weighted by molar-refractivity contribution is 7.92. The number of aryl methyl sites for hydroxylation is 2. The van der Waals surface area contributed by atoms with Crippen LogP contribution in [0, 0.1) is 6.92 Å². The maximum Gasteiger partial charge on any atom is 0.320 e. The molecule has 0 saturated carbocycles. The molecule has 5 N–H and O–H groups in total. The van der Waals surface area contributed by atoms with Gasteiger partial charge in [-0.1, -0.05) is 18.2 Å². The summed E-state index contributed by atoms with van der Waals surface area (Å²) >= 11 is 0. The van der Waals surface area contributed by atoms with Crippen molar-refractivity contribution in [3.8, 4) is 0 Å². The molecule has 0 heterocycles. The third-order valence-electron chi connectivity index (χ3n) is 4.19. The molecule has 28 heavy (non-hydrogen) atoms. The zero-order valence-corrected chi connectivity index (χ0v) is 16.1. The van der Waals surface area contributed by atoms with E-state index < -0.39 is 28.0 Å². The highest BCUT2D eigenvalue weighted by Gasteiger charge is 2.18. The van der Waals surface area contributed by atoms with E-state index in [1.807, 2.05) is 0 Å². The molecular formula is C19H22N2O6S. The van der Waals surface area contributed by atoms with Crippen LogP contribution in [0.2, 0.25) is 0 Å². The summed E-state index contributed by atoms with van der Waals surface area (Å²) in [7, 11) is -3.86. The largest absolute Gasteiger partial charge is 0.481 e. The molecule has 150 valence electrons. The summed E-state index contributed by atoms with van der Waals surface area (Å²) in [6.07, 6.45) is 0.346. The number of nitrogens with two attached hydrogens (primary N) is 1. The Kier molecular flexibility index (Phi) is 6.76. The summed E-state index contributed by atoms with van der Waals surface area (Å²) < 4.78 is 27.8. The Balaban J connectivity index is 2.18. The van der Waals surface area contributed by atoms with Crippen LogP contribution in [0.5, 0.6) is 0 Å². The van der Waals surface area contributed by atoms with E-state index in [1.54, 1.807) is 37.3 Å². The van der Waals surface area contributed by atoms with Crippen LogP contribution in [0.3, 0.4) is 0 Å². The zero-order chi connectivity index (χ0) is 20.9. The Labute approximate surface area is 163 Å². The van der Waals surface area contributed by atoms with Crippen LogP contribution in [-0.4, -0.2) is 36.6 Å². The number of anilines is 1. The standard InChI is InChI=1S/C19H22N2O6S/c1-12-9-16(7-6-14(12)11-17(20)19(24)25)28(26,27)21-15-4-2-3-13(10-15)5-8-18(22)23/h2-4,6-7,9-10,17,21H,5,8,11,20H2,1H3,(H,22,23)(H,24,25)/t17-/m0/s1. The number of rotatable bonds is 9. The van der Waals surface area contributed by atoms with E-state index in [4.69, 9.17) is 15.9 Å². The van der Waals surface area contributed by atoms with Gasteiger partial charge in [0.1, 0.15) is 6.04 Å². The van der Waals surface area contributed by atoms with Crippen LogP contribution in [0.4, 0.5) is 5.69 Å². The summed E-state index contributed by atoms with van der Waals surface area (Å²) in [5.41, 5.74) is 7.85. The fraction of sp³-hybridized carbons (Fsp3) is 0.263. The van der Waals surface area contributed by atoms with Gasteiger partial charge in [0.25, 0.3) is 10.0 Å². The molecule has 0 saturated heterocycles. The number of hydrogen-bond acceptors (Lipinski definition) is 5. The van der Waals surface area contributed by atoms with Gasteiger partial charge in [0, 0.05) is 12.1 Å². The Morgan fingerprint density at radius 2 is 1.86 bits per heavy atom. The third-order valence-corrected chi connectivity index (χ3v) is 5.57. The Morgan fingerprint density at radius 3 is 2.46 bits per heavy atom. The fourth-order valence-electron chi connectivity index (χ4n) is 2.64. The van der Waals surface area contributed by atoms with E-state index in [0.717, 1.165) is 0 Å². The molecule has 1 atom stereocenters. The lowest BCUT2D eigenvalue weighted by molar-refractivity contribution is -0.138. The molecule has 2 aromatic rings. The van der Waals surface area contributed by atoms with E-state index >= 15 is 0 Å². The summed E-state index contributed by atoms with van der Waals surface area (Å²) in [5.74, 6) is -2.05. The molecular weight excluding hydrogens is 384 g/mol. The second-order valence-corrected chi connectivity index (χ2v) is 8.12. The Bertz CT molecular complexity index is 988. The van der Waals surface area contributed by atoms with Crippen molar-refractivity contribution >= 4 is 27.6 Å². The topological polar surface area (TPSA) is 147 Å². The monoisotopic (exact) mass is 406 g/mol. The van der Waals surface area contributed by atoms with Gasteiger partial charge in [0.2, 0.25) is 0 Å². The number of sulfonamides is 1. The molecule has 0 aliphatic rings. The van der Waals surface area contributed by atoms with Gasteiger partial charge in [-0.2, -0.15) is 0 Å². The van der Waals surface area contributed by atoms with Gasteiger partial charge < -0.3 is 15.9 Å². The lowest BCUT2D eigenvalue weighted by atomic mass is 10.0. The summed E-state index contributed by atoms with van der Waals surface area (Å²) in [4.78, 5) is 21.6. The normalized spacial score (nSPS) is 12.4. The van der Waals surface area contributed by atoms with Gasteiger partial charge in [-0.05, 0) is 60.7 Å². The number of aliphatic carboxylic acids is 2. The van der Waals surface area contributed by atoms with E-state index in [9.17, 15) is 18.0 Å². The minimum absolute atomic E-state index is 0.0357. The average molecular weight is 406 g/mol. The average Bonchev–Trinajstić information content (AvgIpc) is 2.61. The number of carboxylic acid groups (broad SMARTS) is 2. The molecule has 9 heteroatoms. The predicted molar refractivity (Wildman–Crippen MR) is 104 cm³/mol. The van der Waals surface area contributed by atoms with E-state index in [1.165, 1.54) is 12.1 Å². The minimum Gasteiger partial charge on any atom is -0.481 e. The number of hydrogen-bond donors (Lipinski definition) is 4. The molecule has 0 amide bonds.